The number of benzene rings is 1. The lowest BCUT2D eigenvalue weighted by atomic mass is 9.89. The highest BCUT2D eigenvalue weighted by atomic mass is 32.1. The second-order valence-corrected chi connectivity index (χ2v) is 8.54. The van der Waals surface area contributed by atoms with Gasteiger partial charge in [-0.3, -0.25) is 4.79 Å². The molecular weight excluding hydrogens is 374 g/mol. The highest BCUT2D eigenvalue weighted by Crippen LogP contribution is 2.34. The molecule has 1 amide bonds. The molecule has 6 heteroatoms. The van der Waals surface area contributed by atoms with Crippen molar-refractivity contribution in [1.82, 2.24) is 14.9 Å². The van der Waals surface area contributed by atoms with E-state index in [9.17, 15) is 4.79 Å². The Balaban J connectivity index is 1.28. The van der Waals surface area contributed by atoms with Gasteiger partial charge in [-0.25, -0.2) is 4.98 Å². The van der Waals surface area contributed by atoms with Gasteiger partial charge in [0.05, 0.1) is 0 Å². The number of thiazole rings is 1. The smallest absolute Gasteiger partial charge is 0.273 e. The number of aromatic nitrogens is 2. The van der Waals surface area contributed by atoms with Gasteiger partial charge < -0.3 is 9.88 Å². The molecule has 4 aromatic rings. The standard InChI is InChI=1S/C21H19N3OS2/c25-21(19-13-27-20(23-19)15-7-10-26-12-15)24-8-5-14(6-9-24)17-11-22-18-4-2-1-3-16(17)18/h1-4,7,10-14,22H,5-6,8-9H2. The lowest BCUT2D eigenvalue weighted by Gasteiger charge is -2.31. The molecule has 0 spiro atoms. The van der Waals surface area contributed by atoms with Crippen molar-refractivity contribution in [3.8, 4) is 10.6 Å². The fraction of sp³-hybridized carbons (Fsp3) is 0.238. The predicted molar refractivity (Wildman–Crippen MR) is 112 cm³/mol. The number of fused-ring (bicyclic) bond motifs is 1. The predicted octanol–water partition coefficient (Wildman–Crippen LogP) is 5.37. The quantitative estimate of drug-likeness (QED) is 0.508. The molecule has 1 aliphatic heterocycles. The lowest BCUT2D eigenvalue weighted by molar-refractivity contribution is 0.0708. The van der Waals surface area contributed by atoms with Crippen LogP contribution in [0.25, 0.3) is 21.5 Å². The summed E-state index contributed by atoms with van der Waals surface area (Å²) >= 11 is 3.19. The molecule has 27 heavy (non-hydrogen) atoms. The van der Waals surface area contributed by atoms with Gasteiger partial charge in [0.15, 0.2) is 0 Å². The average Bonchev–Trinajstić information content (AvgIpc) is 3.47. The minimum Gasteiger partial charge on any atom is -0.361 e. The number of carbonyl (C=O) groups excluding carboxylic acids is 1. The first-order chi connectivity index (χ1) is 13.3. The van der Waals surface area contributed by atoms with Crippen LogP contribution in [0, 0.1) is 0 Å². The first kappa shape index (κ1) is 16.7. The number of piperidine rings is 1. The topological polar surface area (TPSA) is 49.0 Å². The average molecular weight is 394 g/mol. The normalized spacial score (nSPS) is 15.5. The van der Waals surface area contributed by atoms with Crippen molar-refractivity contribution in [3.05, 3.63) is 63.9 Å². The summed E-state index contributed by atoms with van der Waals surface area (Å²) in [5.74, 6) is 0.562. The second kappa shape index (κ2) is 6.94. The zero-order chi connectivity index (χ0) is 18.2. The van der Waals surface area contributed by atoms with Crippen molar-refractivity contribution in [3.63, 3.8) is 0 Å². The van der Waals surface area contributed by atoms with E-state index in [0.29, 0.717) is 11.6 Å². The van der Waals surface area contributed by atoms with Crippen molar-refractivity contribution in [2.45, 2.75) is 18.8 Å². The zero-order valence-corrected chi connectivity index (χ0v) is 16.4. The van der Waals surface area contributed by atoms with Crippen LogP contribution in [0.3, 0.4) is 0 Å². The highest BCUT2D eigenvalue weighted by molar-refractivity contribution is 7.14. The number of nitrogens with one attached hydrogen (secondary N) is 1. The van der Waals surface area contributed by atoms with E-state index in [2.05, 4.69) is 45.8 Å². The van der Waals surface area contributed by atoms with Crippen molar-refractivity contribution in [1.29, 1.82) is 0 Å². The van der Waals surface area contributed by atoms with Gasteiger partial charge in [0.2, 0.25) is 0 Å². The Hall–Kier alpha value is -2.44. The third-order valence-corrected chi connectivity index (χ3v) is 6.91. The van der Waals surface area contributed by atoms with Crippen LogP contribution in [0.5, 0.6) is 0 Å². The molecule has 1 fully saturated rings. The van der Waals surface area contributed by atoms with Crippen LogP contribution >= 0.6 is 22.7 Å². The van der Waals surface area contributed by atoms with Crippen LogP contribution < -0.4 is 0 Å². The van der Waals surface area contributed by atoms with E-state index in [4.69, 9.17) is 0 Å². The van der Waals surface area contributed by atoms with Crippen LogP contribution in [-0.4, -0.2) is 33.9 Å². The van der Waals surface area contributed by atoms with E-state index in [1.54, 1.807) is 22.7 Å². The summed E-state index contributed by atoms with van der Waals surface area (Å²) in [4.78, 5) is 22.8. The van der Waals surface area contributed by atoms with Crippen molar-refractivity contribution in [2.75, 3.05) is 13.1 Å². The summed E-state index contributed by atoms with van der Waals surface area (Å²) in [5.41, 5.74) is 4.24. The third kappa shape index (κ3) is 3.09. The SMILES string of the molecule is O=C(c1csc(-c2ccsc2)n1)N1CCC(c2c[nH]c3ccccc23)CC1. The summed E-state index contributed by atoms with van der Waals surface area (Å²) in [5, 5.41) is 8.23. The number of hydrogen-bond donors (Lipinski definition) is 1. The molecule has 3 aromatic heterocycles. The number of H-pyrrole nitrogens is 1. The van der Waals surface area contributed by atoms with Gasteiger partial charge in [-0.05, 0) is 41.8 Å². The Bertz CT molecular complexity index is 1070. The molecule has 0 radical (unpaired) electrons. The summed E-state index contributed by atoms with van der Waals surface area (Å²) in [7, 11) is 0. The van der Waals surface area contributed by atoms with Gasteiger partial charge in [0, 0.05) is 46.5 Å². The number of aromatic amines is 1. The van der Waals surface area contributed by atoms with E-state index in [1.165, 1.54) is 16.5 Å². The first-order valence-electron chi connectivity index (χ1n) is 9.13. The molecule has 0 aliphatic carbocycles. The van der Waals surface area contributed by atoms with Gasteiger partial charge in [0.1, 0.15) is 10.7 Å². The Morgan fingerprint density at radius 2 is 2.00 bits per heavy atom. The maximum Gasteiger partial charge on any atom is 0.273 e. The molecule has 1 saturated heterocycles. The largest absolute Gasteiger partial charge is 0.361 e. The number of nitrogens with zero attached hydrogens (tertiary/aromatic N) is 2. The van der Waals surface area contributed by atoms with E-state index >= 15 is 0 Å². The monoisotopic (exact) mass is 393 g/mol. The van der Waals surface area contributed by atoms with Crippen LogP contribution in [0.15, 0.2) is 52.7 Å². The lowest BCUT2D eigenvalue weighted by Crippen LogP contribution is -2.38. The van der Waals surface area contributed by atoms with Crippen molar-refractivity contribution < 1.29 is 4.79 Å². The minimum absolute atomic E-state index is 0.0603. The Morgan fingerprint density at radius 3 is 2.81 bits per heavy atom. The van der Waals surface area contributed by atoms with E-state index in [-0.39, 0.29) is 5.91 Å². The third-order valence-electron chi connectivity index (χ3n) is 5.33. The van der Waals surface area contributed by atoms with E-state index in [0.717, 1.165) is 36.5 Å². The highest BCUT2D eigenvalue weighted by Gasteiger charge is 2.27. The second-order valence-electron chi connectivity index (χ2n) is 6.91. The summed E-state index contributed by atoms with van der Waals surface area (Å²) in [6, 6.07) is 10.5. The van der Waals surface area contributed by atoms with Crippen molar-refractivity contribution >= 4 is 39.5 Å². The molecule has 0 atom stereocenters. The molecule has 4 heterocycles. The Kier molecular flexibility index (Phi) is 4.30. The molecule has 0 bridgehead atoms. The summed E-state index contributed by atoms with van der Waals surface area (Å²) in [6.45, 7) is 1.57. The maximum atomic E-state index is 12.9. The molecule has 1 N–H and O–H groups in total. The van der Waals surface area contributed by atoms with Gasteiger partial charge in [0.25, 0.3) is 5.91 Å². The zero-order valence-electron chi connectivity index (χ0n) is 14.7. The molecule has 5 rings (SSSR count). The van der Waals surface area contributed by atoms with Crippen LogP contribution in [0.4, 0.5) is 0 Å². The molecule has 1 aromatic carbocycles. The number of hydrogen-bond acceptors (Lipinski definition) is 4. The van der Waals surface area contributed by atoms with E-state index < -0.39 is 0 Å². The van der Waals surface area contributed by atoms with Crippen LogP contribution in [0.2, 0.25) is 0 Å². The van der Waals surface area contributed by atoms with Gasteiger partial charge in [-0.1, -0.05) is 18.2 Å². The number of rotatable bonds is 3. The number of thiophene rings is 1. The fourth-order valence-corrected chi connectivity index (χ4v) is 5.38. The molecule has 0 saturated carbocycles. The fourth-order valence-electron chi connectivity index (χ4n) is 3.88. The maximum absolute atomic E-state index is 12.9. The molecule has 1 aliphatic rings. The van der Waals surface area contributed by atoms with Crippen molar-refractivity contribution in [2.24, 2.45) is 0 Å². The van der Waals surface area contributed by atoms with E-state index in [1.807, 2.05) is 21.7 Å². The van der Waals surface area contributed by atoms with Gasteiger partial charge in [-0.2, -0.15) is 11.3 Å². The minimum atomic E-state index is 0.0603. The Labute approximate surface area is 165 Å². The number of carbonyl (C=O) groups is 1. The molecular formula is C21H19N3OS2. The number of likely N-dealkylation sites (tertiary alicyclic amines) is 1. The Morgan fingerprint density at radius 1 is 1.15 bits per heavy atom. The number of para-hydroxylation sites is 1. The van der Waals surface area contributed by atoms with Crippen LogP contribution in [0.1, 0.15) is 34.8 Å². The van der Waals surface area contributed by atoms with Gasteiger partial charge in [-0.15, -0.1) is 11.3 Å². The first-order valence-corrected chi connectivity index (χ1v) is 11.0. The molecule has 4 nitrogen and oxygen atoms in total. The van der Waals surface area contributed by atoms with Gasteiger partial charge >= 0.3 is 0 Å². The molecule has 0 unspecified atom stereocenters. The van der Waals surface area contributed by atoms with Crippen LogP contribution in [-0.2, 0) is 0 Å². The molecule has 136 valence electrons. The summed E-state index contributed by atoms with van der Waals surface area (Å²) in [6.07, 6.45) is 4.13. The summed E-state index contributed by atoms with van der Waals surface area (Å²) < 4.78 is 0. The number of amides is 1.